The highest BCUT2D eigenvalue weighted by Crippen LogP contribution is 2.32. The van der Waals surface area contributed by atoms with Gasteiger partial charge in [0.2, 0.25) is 11.8 Å². The van der Waals surface area contributed by atoms with Crippen molar-refractivity contribution in [3.05, 3.63) is 87.9 Å². The number of amides is 2. The first-order valence-corrected chi connectivity index (χ1v) is 15.3. The molecule has 1 atom stereocenters. The maximum absolute atomic E-state index is 14.0. The van der Waals surface area contributed by atoms with E-state index < -0.39 is 28.5 Å². The molecule has 0 saturated carbocycles. The Bertz CT molecular complexity index is 1480. The van der Waals surface area contributed by atoms with Crippen molar-refractivity contribution in [2.75, 3.05) is 24.5 Å². The summed E-state index contributed by atoms with van der Waals surface area (Å²) in [6, 6.07) is 16.9. The van der Waals surface area contributed by atoms with Crippen LogP contribution in [0.25, 0.3) is 0 Å². The fraction of sp³-hybridized carbons (Fsp3) is 0.333. The summed E-state index contributed by atoms with van der Waals surface area (Å²) in [5, 5.41) is 3.45. The lowest BCUT2D eigenvalue weighted by atomic mass is 10.1. The number of carbonyl (C=O) groups is 2. The zero-order chi connectivity index (χ0) is 30.3. The zero-order valence-electron chi connectivity index (χ0n) is 23.7. The Morgan fingerprint density at radius 3 is 2.20 bits per heavy atom. The van der Waals surface area contributed by atoms with Crippen LogP contribution in [0.4, 0.5) is 5.69 Å². The minimum Gasteiger partial charge on any atom is -0.495 e. The van der Waals surface area contributed by atoms with E-state index in [1.807, 2.05) is 20.8 Å². The monoisotopic (exact) mass is 619 g/mol. The van der Waals surface area contributed by atoms with E-state index in [-0.39, 0.29) is 34.0 Å². The Kier molecular flexibility index (Phi) is 11.1. The number of halogens is 2. The third kappa shape index (κ3) is 8.15. The molecular formula is C30H35Cl2N3O5S. The predicted octanol–water partition coefficient (Wildman–Crippen LogP) is 5.70. The maximum Gasteiger partial charge on any atom is 0.264 e. The van der Waals surface area contributed by atoms with Gasteiger partial charge in [-0.3, -0.25) is 13.9 Å². The van der Waals surface area contributed by atoms with E-state index in [0.29, 0.717) is 22.9 Å². The van der Waals surface area contributed by atoms with Gasteiger partial charge in [0, 0.05) is 18.1 Å². The highest BCUT2D eigenvalue weighted by molar-refractivity contribution is 7.92. The van der Waals surface area contributed by atoms with Crippen molar-refractivity contribution in [3.63, 3.8) is 0 Å². The summed E-state index contributed by atoms with van der Waals surface area (Å²) < 4.78 is 34.1. The van der Waals surface area contributed by atoms with Crippen LogP contribution >= 0.6 is 23.2 Å². The second-order valence-electron chi connectivity index (χ2n) is 10.1. The lowest BCUT2D eigenvalue weighted by Gasteiger charge is -2.32. The summed E-state index contributed by atoms with van der Waals surface area (Å²) in [4.78, 5) is 28.4. The van der Waals surface area contributed by atoms with E-state index in [4.69, 9.17) is 27.9 Å². The zero-order valence-corrected chi connectivity index (χ0v) is 26.1. The normalized spacial score (nSPS) is 12.1. The molecule has 0 saturated heterocycles. The van der Waals surface area contributed by atoms with Gasteiger partial charge in [0.1, 0.15) is 18.3 Å². The van der Waals surface area contributed by atoms with E-state index in [0.717, 1.165) is 9.87 Å². The summed E-state index contributed by atoms with van der Waals surface area (Å²) in [6.07, 6.45) is 0. The number of sulfonamides is 1. The number of anilines is 1. The Morgan fingerprint density at radius 1 is 0.951 bits per heavy atom. The average Bonchev–Trinajstić information content (AvgIpc) is 2.93. The number of aryl methyl sites for hydroxylation is 1. The summed E-state index contributed by atoms with van der Waals surface area (Å²) in [6.45, 7) is 7.21. The summed E-state index contributed by atoms with van der Waals surface area (Å²) in [5.41, 5.74) is 1.66. The van der Waals surface area contributed by atoms with E-state index in [9.17, 15) is 18.0 Å². The van der Waals surface area contributed by atoms with Crippen molar-refractivity contribution in [2.45, 2.75) is 45.2 Å². The average molecular weight is 621 g/mol. The van der Waals surface area contributed by atoms with Crippen LogP contribution in [0.2, 0.25) is 10.0 Å². The first-order valence-electron chi connectivity index (χ1n) is 13.1. The summed E-state index contributed by atoms with van der Waals surface area (Å²) >= 11 is 12.8. The van der Waals surface area contributed by atoms with Gasteiger partial charge in [-0.15, -0.1) is 0 Å². The van der Waals surface area contributed by atoms with Crippen LogP contribution in [0.5, 0.6) is 5.75 Å². The topological polar surface area (TPSA) is 96.0 Å². The highest BCUT2D eigenvalue weighted by atomic mass is 35.5. The molecule has 0 aliphatic rings. The molecule has 8 nitrogen and oxygen atoms in total. The lowest BCUT2D eigenvalue weighted by molar-refractivity contribution is -0.139. The van der Waals surface area contributed by atoms with Crippen molar-refractivity contribution in [1.82, 2.24) is 10.2 Å². The van der Waals surface area contributed by atoms with Gasteiger partial charge in [-0.05, 0) is 61.7 Å². The summed E-state index contributed by atoms with van der Waals surface area (Å²) in [5.74, 6) is -0.404. The first kappa shape index (κ1) is 32.2. The van der Waals surface area contributed by atoms with Crippen LogP contribution in [-0.4, -0.2) is 51.4 Å². The Labute approximate surface area is 252 Å². The van der Waals surface area contributed by atoms with Gasteiger partial charge in [0.05, 0.1) is 22.7 Å². The van der Waals surface area contributed by atoms with Crippen molar-refractivity contribution in [1.29, 1.82) is 0 Å². The SMILES string of the molecule is COc1ccc(N(CC(=O)N(Cc2ccccc2Cl)[C@@H](C)C(=O)NCC(C)C)S(=O)(=O)c2ccc(C)cc2)cc1Cl. The lowest BCUT2D eigenvalue weighted by Crippen LogP contribution is -2.51. The van der Waals surface area contributed by atoms with Crippen LogP contribution in [0, 0.1) is 12.8 Å². The van der Waals surface area contributed by atoms with Crippen molar-refractivity contribution in [3.8, 4) is 5.75 Å². The van der Waals surface area contributed by atoms with E-state index in [1.165, 1.54) is 42.3 Å². The Balaban J connectivity index is 2.06. The largest absolute Gasteiger partial charge is 0.495 e. The molecule has 0 radical (unpaired) electrons. The van der Waals surface area contributed by atoms with Gasteiger partial charge in [-0.1, -0.05) is 72.9 Å². The maximum atomic E-state index is 14.0. The van der Waals surface area contributed by atoms with Gasteiger partial charge in [0.15, 0.2) is 0 Å². The van der Waals surface area contributed by atoms with Gasteiger partial charge >= 0.3 is 0 Å². The first-order chi connectivity index (χ1) is 19.3. The number of methoxy groups -OCH3 is 1. The Hall–Kier alpha value is -3.27. The number of carbonyl (C=O) groups excluding carboxylic acids is 2. The second-order valence-corrected chi connectivity index (χ2v) is 12.7. The number of benzene rings is 3. The van der Waals surface area contributed by atoms with Gasteiger partial charge in [0.25, 0.3) is 10.0 Å². The molecule has 0 bridgehead atoms. The third-order valence-electron chi connectivity index (χ3n) is 6.46. The molecule has 2 amide bonds. The molecule has 0 fully saturated rings. The molecule has 0 spiro atoms. The van der Waals surface area contributed by atoms with E-state index >= 15 is 0 Å². The molecule has 0 unspecified atom stereocenters. The highest BCUT2D eigenvalue weighted by Gasteiger charge is 2.33. The molecule has 11 heteroatoms. The van der Waals surface area contributed by atoms with Gasteiger partial charge in [-0.25, -0.2) is 8.42 Å². The minimum atomic E-state index is -4.22. The summed E-state index contributed by atoms with van der Waals surface area (Å²) in [7, 11) is -2.78. The van der Waals surface area contributed by atoms with Gasteiger partial charge < -0.3 is 15.0 Å². The molecule has 0 aliphatic heterocycles. The molecule has 3 rings (SSSR count). The van der Waals surface area contributed by atoms with Crippen LogP contribution in [0.15, 0.2) is 71.6 Å². The van der Waals surface area contributed by atoms with Crippen molar-refractivity contribution in [2.24, 2.45) is 5.92 Å². The fourth-order valence-electron chi connectivity index (χ4n) is 4.02. The van der Waals surface area contributed by atoms with Crippen LogP contribution in [0.1, 0.15) is 31.9 Å². The van der Waals surface area contributed by atoms with Gasteiger partial charge in [-0.2, -0.15) is 0 Å². The molecule has 0 aliphatic carbocycles. The van der Waals surface area contributed by atoms with E-state index in [1.54, 1.807) is 43.3 Å². The molecule has 0 heterocycles. The molecule has 3 aromatic carbocycles. The third-order valence-corrected chi connectivity index (χ3v) is 8.91. The van der Waals surface area contributed by atoms with Crippen LogP contribution in [0.3, 0.4) is 0 Å². The fourth-order valence-corrected chi connectivity index (χ4v) is 5.88. The molecule has 3 aromatic rings. The molecule has 0 aromatic heterocycles. The van der Waals surface area contributed by atoms with Crippen molar-refractivity contribution < 1.29 is 22.7 Å². The Morgan fingerprint density at radius 2 is 1.61 bits per heavy atom. The van der Waals surface area contributed by atoms with Crippen LogP contribution in [-0.2, 0) is 26.2 Å². The minimum absolute atomic E-state index is 0.00298. The predicted molar refractivity (Wildman–Crippen MR) is 163 cm³/mol. The number of nitrogens with one attached hydrogen (secondary N) is 1. The van der Waals surface area contributed by atoms with Crippen molar-refractivity contribution >= 4 is 50.7 Å². The molecule has 1 N–H and O–H groups in total. The number of nitrogens with zero attached hydrogens (tertiary/aromatic N) is 2. The molecular weight excluding hydrogens is 585 g/mol. The smallest absolute Gasteiger partial charge is 0.264 e. The van der Waals surface area contributed by atoms with Crippen LogP contribution < -0.4 is 14.4 Å². The molecule has 41 heavy (non-hydrogen) atoms. The number of hydrogen-bond donors (Lipinski definition) is 1. The number of hydrogen-bond acceptors (Lipinski definition) is 5. The number of rotatable bonds is 12. The van der Waals surface area contributed by atoms with E-state index in [2.05, 4.69) is 5.32 Å². The molecule has 220 valence electrons. The second kappa shape index (κ2) is 14.1. The number of ether oxygens (including phenoxy) is 1. The quantitative estimate of drug-likeness (QED) is 0.281. The standard InChI is InChI=1S/C30H35Cl2N3O5S/c1-20(2)17-33-30(37)22(4)34(18-23-8-6-7-9-26(23)31)29(36)19-35(24-12-15-28(40-5)27(32)16-24)41(38,39)25-13-10-21(3)11-14-25/h6-16,20,22H,17-19H2,1-5H3,(H,33,37)/t22-/m0/s1.